The average molecular weight is 220 g/mol. The van der Waals surface area contributed by atoms with Crippen molar-refractivity contribution < 1.29 is 4.21 Å². The minimum absolute atomic E-state index is 0. The minimum atomic E-state index is -0.796. The lowest BCUT2D eigenvalue weighted by atomic mass is 10.2. The fraction of sp³-hybridized carbons (Fsp3) is 0.333. The molecule has 74 valence electrons. The summed E-state index contributed by atoms with van der Waals surface area (Å²) in [6.45, 7) is 0.499. The zero-order chi connectivity index (χ0) is 8.81. The molecule has 1 rings (SSSR count). The van der Waals surface area contributed by atoms with Gasteiger partial charge in [0.1, 0.15) is 0 Å². The van der Waals surface area contributed by atoms with E-state index in [-0.39, 0.29) is 12.4 Å². The largest absolute Gasteiger partial charge is 0.330 e. The van der Waals surface area contributed by atoms with E-state index in [1.807, 2.05) is 30.3 Å². The van der Waals surface area contributed by atoms with Gasteiger partial charge in [0, 0.05) is 28.9 Å². The summed E-state index contributed by atoms with van der Waals surface area (Å²) in [6.07, 6.45) is 0. The highest BCUT2D eigenvalue weighted by Gasteiger charge is 1.98. The molecule has 1 unspecified atom stereocenters. The van der Waals surface area contributed by atoms with Crippen molar-refractivity contribution in [3.63, 3.8) is 0 Å². The molecule has 0 aliphatic heterocycles. The smallest absolute Gasteiger partial charge is 0.0486 e. The number of hydrogen-bond acceptors (Lipinski definition) is 2. The van der Waals surface area contributed by atoms with Gasteiger partial charge >= 0.3 is 0 Å². The van der Waals surface area contributed by atoms with E-state index < -0.39 is 10.8 Å². The SMILES string of the molecule is Cl.NCCS(=O)Cc1ccccc1. The molecule has 0 bridgehead atoms. The summed E-state index contributed by atoms with van der Waals surface area (Å²) in [4.78, 5) is 0. The van der Waals surface area contributed by atoms with Crippen molar-refractivity contribution in [2.24, 2.45) is 5.73 Å². The second-order valence-corrected chi connectivity index (χ2v) is 4.14. The first kappa shape index (κ1) is 12.6. The number of hydrogen-bond donors (Lipinski definition) is 1. The molecular formula is C9H14ClNOS. The van der Waals surface area contributed by atoms with E-state index in [4.69, 9.17) is 5.73 Å². The highest BCUT2D eigenvalue weighted by atomic mass is 35.5. The van der Waals surface area contributed by atoms with Crippen LogP contribution in [0.25, 0.3) is 0 Å². The Morgan fingerprint density at radius 1 is 1.23 bits per heavy atom. The van der Waals surface area contributed by atoms with Crippen LogP contribution in [0.4, 0.5) is 0 Å². The van der Waals surface area contributed by atoms with Crippen molar-refractivity contribution in [2.75, 3.05) is 12.3 Å². The molecule has 1 aromatic rings. The number of rotatable bonds is 4. The topological polar surface area (TPSA) is 43.1 Å². The predicted molar refractivity (Wildman–Crippen MR) is 59.5 cm³/mol. The molecule has 0 aromatic heterocycles. The van der Waals surface area contributed by atoms with Crippen LogP contribution in [0.1, 0.15) is 5.56 Å². The van der Waals surface area contributed by atoms with Crippen molar-refractivity contribution >= 4 is 23.2 Å². The standard InChI is InChI=1S/C9H13NOS.ClH/c10-6-7-12(11)8-9-4-2-1-3-5-9;/h1-5H,6-8,10H2;1H. The van der Waals surface area contributed by atoms with Crippen LogP contribution in [0.3, 0.4) is 0 Å². The van der Waals surface area contributed by atoms with Crippen molar-refractivity contribution in [1.29, 1.82) is 0 Å². The first-order chi connectivity index (χ1) is 5.83. The molecule has 0 saturated heterocycles. The van der Waals surface area contributed by atoms with Gasteiger partial charge in [0.05, 0.1) is 0 Å². The molecule has 1 atom stereocenters. The number of nitrogens with two attached hydrogens (primary N) is 1. The third-order valence-electron chi connectivity index (χ3n) is 1.52. The molecule has 0 aliphatic rings. The summed E-state index contributed by atoms with van der Waals surface area (Å²) in [5.74, 6) is 1.22. The van der Waals surface area contributed by atoms with Gasteiger partial charge in [-0.05, 0) is 5.56 Å². The van der Waals surface area contributed by atoms with E-state index in [1.165, 1.54) is 0 Å². The van der Waals surface area contributed by atoms with E-state index in [0.29, 0.717) is 18.1 Å². The lowest BCUT2D eigenvalue weighted by Crippen LogP contribution is -2.11. The molecule has 0 fully saturated rings. The Kier molecular flexibility index (Phi) is 6.86. The molecule has 0 radical (unpaired) electrons. The monoisotopic (exact) mass is 219 g/mol. The fourth-order valence-corrected chi connectivity index (χ4v) is 1.94. The fourth-order valence-electron chi connectivity index (χ4n) is 0.964. The molecular weight excluding hydrogens is 206 g/mol. The zero-order valence-corrected chi connectivity index (χ0v) is 8.94. The van der Waals surface area contributed by atoms with Gasteiger partial charge in [0.2, 0.25) is 0 Å². The zero-order valence-electron chi connectivity index (χ0n) is 7.31. The first-order valence-corrected chi connectivity index (χ1v) is 5.40. The van der Waals surface area contributed by atoms with Gasteiger partial charge in [-0.2, -0.15) is 0 Å². The summed E-state index contributed by atoms with van der Waals surface area (Å²) in [5.41, 5.74) is 6.41. The van der Waals surface area contributed by atoms with Gasteiger partial charge < -0.3 is 5.73 Å². The summed E-state index contributed by atoms with van der Waals surface area (Å²) >= 11 is 0. The van der Waals surface area contributed by atoms with Crippen molar-refractivity contribution in [2.45, 2.75) is 5.75 Å². The maximum absolute atomic E-state index is 11.2. The first-order valence-electron chi connectivity index (χ1n) is 3.92. The Hall–Kier alpha value is -0.380. The molecule has 2 N–H and O–H groups in total. The summed E-state index contributed by atoms with van der Waals surface area (Å²) in [7, 11) is -0.796. The Bertz CT molecular complexity index is 253. The quantitative estimate of drug-likeness (QED) is 0.830. The van der Waals surface area contributed by atoms with E-state index in [9.17, 15) is 4.21 Å². The van der Waals surface area contributed by atoms with Crippen LogP contribution >= 0.6 is 12.4 Å². The molecule has 0 heterocycles. The lowest BCUT2D eigenvalue weighted by Gasteiger charge is -1.99. The van der Waals surface area contributed by atoms with Gasteiger partial charge in [-0.1, -0.05) is 30.3 Å². The molecule has 0 amide bonds. The van der Waals surface area contributed by atoms with Crippen molar-refractivity contribution in [1.82, 2.24) is 0 Å². The Morgan fingerprint density at radius 2 is 1.85 bits per heavy atom. The molecule has 0 spiro atoms. The summed E-state index contributed by atoms with van der Waals surface area (Å²) in [5, 5.41) is 0. The van der Waals surface area contributed by atoms with Gasteiger partial charge in [-0.15, -0.1) is 12.4 Å². The Morgan fingerprint density at radius 3 is 2.38 bits per heavy atom. The van der Waals surface area contributed by atoms with Crippen LogP contribution < -0.4 is 5.73 Å². The van der Waals surface area contributed by atoms with Gasteiger partial charge in [-0.25, -0.2) is 0 Å². The molecule has 1 aromatic carbocycles. The van der Waals surface area contributed by atoms with Crippen LogP contribution in [0.5, 0.6) is 0 Å². The average Bonchev–Trinajstić information content (AvgIpc) is 2.06. The molecule has 0 saturated carbocycles. The molecule has 2 nitrogen and oxygen atoms in total. The summed E-state index contributed by atoms with van der Waals surface area (Å²) < 4.78 is 11.2. The highest BCUT2D eigenvalue weighted by Crippen LogP contribution is 2.01. The van der Waals surface area contributed by atoms with Gasteiger partial charge in [0.15, 0.2) is 0 Å². The van der Waals surface area contributed by atoms with Gasteiger partial charge in [-0.3, -0.25) is 4.21 Å². The second-order valence-electron chi connectivity index (χ2n) is 2.56. The van der Waals surface area contributed by atoms with E-state index in [1.54, 1.807) is 0 Å². The predicted octanol–water partition coefficient (Wildman–Crippen LogP) is 1.32. The van der Waals surface area contributed by atoms with Crippen molar-refractivity contribution in [3.8, 4) is 0 Å². The van der Waals surface area contributed by atoms with Crippen molar-refractivity contribution in [3.05, 3.63) is 35.9 Å². The van der Waals surface area contributed by atoms with E-state index >= 15 is 0 Å². The Balaban J connectivity index is 0.00000144. The van der Waals surface area contributed by atoms with Crippen LogP contribution in [0.2, 0.25) is 0 Å². The molecule has 13 heavy (non-hydrogen) atoms. The highest BCUT2D eigenvalue weighted by molar-refractivity contribution is 7.84. The van der Waals surface area contributed by atoms with Crippen LogP contribution in [0.15, 0.2) is 30.3 Å². The van der Waals surface area contributed by atoms with E-state index in [2.05, 4.69) is 0 Å². The maximum atomic E-state index is 11.2. The van der Waals surface area contributed by atoms with Crippen LogP contribution in [-0.2, 0) is 16.6 Å². The maximum Gasteiger partial charge on any atom is 0.0486 e. The number of benzene rings is 1. The summed E-state index contributed by atoms with van der Waals surface area (Å²) in [6, 6.07) is 9.82. The second kappa shape index (κ2) is 7.06. The third-order valence-corrected chi connectivity index (χ3v) is 2.86. The van der Waals surface area contributed by atoms with E-state index in [0.717, 1.165) is 5.56 Å². The number of halogens is 1. The van der Waals surface area contributed by atoms with Gasteiger partial charge in [0.25, 0.3) is 0 Å². The third kappa shape index (κ3) is 5.03. The lowest BCUT2D eigenvalue weighted by molar-refractivity contribution is 0.682. The van der Waals surface area contributed by atoms with Crippen LogP contribution in [0, 0.1) is 0 Å². The molecule has 4 heteroatoms. The Labute approximate surface area is 87.4 Å². The minimum Gasteiger partial charge on any atom is -0.330 e. The molecule has 0 aliphatic carbocycles. The normalized spacial score (nSPS) is 11.8. The van der Waals surface area contributed by atoms with Crippen LogP contribution in [-0.4, -0.2) is 16.5 Å².